The molecule has 0 atom stereocenters. The van der Waals surface area contributed by atoms with Crippen LogP contribution in [0, 0.1) is 39.0 Å². The number of nitriles is 1. The van der Waals surface area contributed by atoms with Gasteiger partial charge in [-0.15, -0.1) is 12.4 Å². The number of piperazine rings is 1. The van der Waals surface area contributed by atoms with E-state index in [0.717, 1.165) is 43.0 Å². The van der Waals surface area contributed by atoms with E-state index in [4.69, 9.17) is 0 Å². The normalized spacial score (nSPS) is 14.0. The number of aryl methyl sites for hydroxylation is 3. The van der Waals surface area contributed by atoms with Gasteiger partial charge in [0.15, 0.2) is 0 Å². The van der Waals surface area contributed by atoms with E-state index >= 15 is 0 Å². The van der Waals surface area contributed by atoms with E-state index in [1.807, 2.05) is 32.0 Å². The number of hydrogen-bond acceptors (Lipinski definition) is 4. The highest BCUT2D eigenvalue weighted by Crippen LogP contribution is 2.24. The number of amides is 1. The van der Waals surface area contributed by atoms with Gasteiger partial charge in [0.05, 0.1) is 0 Å². The van der Waals surface area contributed by atoms with Crippen LogP contribution < -0.4 is 10.2 Å². The molecule has 0 saturated carbocycles. The highest BCUT2D eigenvalue weighted by atomic mass is 35.5. The van der Waals surface area contributed by atoms with Crippen molar-refractivity contribution in [1.82, 2.24) is 4.90 Å². The van der Waals surface area contributed by atoms with E-state index in [1.165, 1.54) is 16.8 Å². The smallest absolute Gasteiger partial charge is 0.267 e. The van der Waals surface area contributed by atoms with Gasteiger partial charge in [-0.2, -0.15) is 5.26 Å². The maximum Gasteiger partial charge on any atom is 0.267 e. The SMILES string of the molecule is Cc1ccc(NC(=O)/C(C#N)=C\N2CCN(c3cccc(C)c3C)CC2)c(C)c1.Cl. The Morgan fingerprint density at radius 1 is 1.03 bits per heavy atom. The van der Waals surface area contributed by atoms with Crippen LogP contribution >= 0.6 is 12.4 Å². The molecular formula is C24H29ClN4O. The zero-order chi connectivity index (χ0) is 21.0. The molecule has 158 valence electrons. The lowest BCUT2D eigenvalue weighted by molar-refractivity contribution is -0.112. The fourth-order valence-corrected chi connectivity index (χ4v) is 3.63. The van der Waals surface area contributed by atoms with Gasteiger partial charge in [-0.25, -0.2) is 0 Å². The van der Waals surface area contributed by atoms with E-state index < -0.39 is 0 Å². The van der Waals surface area contributed by atoms with Crippen molar-refractivity contribution in [3.63, 3.8) is 0 Å². The topological polar surface area (TPSA) is 59.4 Å². The lowest BCUT2D eigenvalue weighted by atomic mass is 10.1. The maximum atomic E-state index is 12.6. The van der Waals surface area contributed by atoms with Gasteiger partial charge >= 0.3 is 0 Å². The number of hydrogen-bond donors (Lipinski definition) is 1. The molecule has 3 rings (SSSR count). The number of carbonyl (C=O) groups excluding carboxylic acids is 1. The summed E-state index contributed by atoms with van der Waals surface area (Å²) in [7, 11) is 0. The van der Waals surface area contributed by atoms with Gasteiger partial charge < -0.3 is 15.1 Å². The molecule has 1 aliphatic rings. The fraction of sp³-hybridized carbons (Fsp3) is 0.333. The highest BCUT2D eigenvalue weighted by molar-refractivity contribution is 6.06. The third-order valence-corrected chi connectivity index (χ3v) is 5.54. The molecule has 0 spiro atoms. The Balaban J connectivity index is 0.00000320. The molecule has 1 amide bonds. The number of anilines is 2. The minimum absolute atomic E-state index is 0. The molecule has 1 N–H and O–H groups in total. The van der Waals surface area contributed by atoms with E-state index in [0.29, 0.717) is 0 Å². The Morgan fingerprint density at radius 3 is 2.37 bits per heavy atom. The molecule has 1 heterocycles. The second-order valence-electron chi connectivity index (χ2n) is 7.67. The number of benzene rings is 2. The van der Waals surface area contributed by atoms with Crippen LogP contribution in [0.3, 0.4) is 0 Å². The lowest BCUT2D eigenvalue weighted by Gasteiger charge is -2.36. The van der Waals surface area contributed by atoms with Gasteiger partial charge in [-0.05, 0) is 56.5 Å². The zero-order valence-electron chi connectivity index (χ0n) is 18.0. The van der Waals surface area contributed by atoms with Crippen LogP contribution in [0.4, 0.5) is 11.4 Å². The van der Waals surface area contributed by atoms with Crippen molar-refractivity contribution in [2.45, 2.75) is 27.7 Å². The van der Waals surface area contributed by atoms with Crippen LogP contribution in [0.2, 0.25) is 0 Å². The van der Waals surface area contributed by atoms with Crippen LogP contribution in [0.1, 0.15) is 22.3 Å². The van der Waals surface area contributed by atoms with E-state index in [9.17, 15) is 10.1 Å². The highest BCUT2D eigenvalue weighted by Gasteiger charge is 2.19. The third kappa shape index (κ3) is 5.34. The van der Waals surface area contributed by atoms with E-state index in [-0.39, 0.29) is 23.9 Å². The first-order valence-electron chi connectivity index (χ1n) is 9.95. The first-order chi connectivity index (χ1) is 13.9. The predicted molar refractivity (Wildman–Crippen MR) is 125 cm³/mol. The molecule has 0 aromatic heterocycles. The molecule has 2 aromatic carbocycles. The second kappa shape index (κ2) is 10.2. The van der Waals surface area contributed by atoms with E-state index in [2.05, 4.69) is 53.2 Å². The summed E-state index contributed by atoms with van der Waals surface area (Å²) in [4.78, 5) is 17.0. The van der Waals surface area contributed by atoms with Gasteiger partial charge in [0.1, 0.15) is 11.6 Å². The summed E-state index contributed by atoms with van der Waals surface area (Å²) in [6.45, 7) is 11.5. The van der Waals surface area contributed by atoms with Gasteiger partial charge in [-0.3, -0.25) is 4.79 Å². The third-order valence-electron chi connectivity index (χ3n) is 5.54. The summed E-state index contributed by atoms with van der Waals surface area (Å²) in [5, 5.41) is 12.4. The van der Waals surface area contributed by atoms with E-state index in [1.54, 1.807) is 6.20 Å². The second-order valence-corrected chi connectivity index (χ2v) is 7.67. The molecule has 5 nitrogen and oxygen atoms in total. The molecule has 0 unspecified atom stereocenters. The molecule has 0 radical (unpaired) electrons. The quantitative estimate of drug-likeness (QED) is 0.579. The Kier molecular flexibility index (Phi) is 7.91. The maximum absolute atomic E-state index is 12.6. The Hall–Kier alpha value is -2.97. The zero-order valence-corrected chi connectivity index (χ0v) is 18.8. The summed E-state index contributed by atoms with van der Waals surface area (Å²) >= 11 is 0. The van der Waals surface area contributed by atoms with Crippen LogP contribution in [-0.4, -0.2) is 37.0 Å². The predicted octanol–water partition coefficient (Wildman–Crippen LogP) is 4.51. The van der Waals surface area contributed by atoms with Gasteiger partial charge in [-0.1, -0.05) is 29.8 Å². The summed E-state index contributed by atoms with van der Waals surface area (Å²) in [5.74, 6) is -0.364. The molecule has 6 heteroatoms. The average molecular weight is 425 g/mol. The van der Waals surface area contributed by atoms with Crippen molar-refractivity contribution in [3.05, 3.63) is 70.4 Å². The Morgan fingerprint density at radius 2 is 1.73 bits per heavy atom. The van der Waals surface area contributed by atoms with Crippen molar-refractivity contribution in [1.29, 1.82) is 5.26 Å². The van der Waals surface area contributed by atoms with Gasteiger partial charge in [0, 0.05) is 43.8 Å². The Labute approximate surface area is 185 Å². The minimum Gasteiger partial charge on any atom is -0.373 e. The molecule has 1 saturated heterocycles. The minimum atomic E-state index is -0.364. The van der Waals surface area contributed by atoms with Crippen molar-refractivity contribution < 1.29 is 4.79 Å². The van der Waals surface area contributed by atoms with Crippen molar-refractivity contribution in [2.75, 3.05) is 36.4 Å². The van der Waals surface area contributed by atoms with Crippen LogP contribution in [0.5, 0.6) is 0 Å². The van der Waals surface area contributed by atoms with Crippen molar-refractivity contribution in [2.24, 2.45) is 0 Å². The molecule has 1 fully saturated rings. The first-order valence-corrected chi connectivity index (χ1v) is 9.95. The standard InChI is InChI=1S/C24H28N4O.ClH/c1-17-8-9-22(19(3)14-17)26-24(29)21(15-25)16-27-10-12-28(13-11-27)23-7-5-6-18(2)20(23)4;/h5-9,14,16H,10-13H2,1-4H3,(H,26,29);1H/b21-16-;. The van der Waals surface area contributed by atoms with Crippen LogP contribution in [0.25, 0.3) is 0 Å². The molecule has 0 bridgehead atoms. The van der Waals surface area contributed by atoms with Crippen molar-refractivity contribution >= 4 is 29.7 Å². The monoisotopic (exact) mass is 424 g/mol. The largest absolute Gasteiger partial charge is 0.373 e. The summed E-state index contributed by atoms with van der Waals surface area (Å²) in [5.41, 5.74) is 6.85. The fourth-order valence-electron chi connectivity index (χ4n) is 3.63. The first kappa shape index (κ1) is 23.3. The molecule has 0 aliphatic carbocycles. The number of nitrogens with one attached hydrogen (secondary N) is 1. The summed E-state index contributed by atoms with van der Waals surface area (Å²) < 4.78 is 0. The number of halogens is 1. The average Bonchev–Trinajstić information content (AvgIpc) is 2.71. The molecule has 2 aromatic rings. The van der Waals surface area contributed by atoms with Gasteiger partial charge in [0.2, 0.25) is 0 Å². The number of rotatable bonds is 4. The van der Waals surface area contributed by atoms with Gasteiger partial charge in [0.25, 0.3) is 5.91 Å². The van der Waals surface area contributed by atoms with Crippen molar-refractivity contribution in [3.8, 4) is 6.07 Å². The summed E-state index contributed by atoms with van der Waals surface area (Å²) in [6.07, 6.45) is 1.69. The van der Waals surface area contributed by atoms with Crippen LogP contribution in [0.15, 0.2) is 48.2 Å². The summed E-state index contributed by atoms with van der Waals surface area (Å²) in [6, 6.07) is 14.3. The Bertz CT molecular complexity index is 985. The molecule has 30 heavy (non-hydrogen) atoms. The number of nitrogens with zero attached hydrogens (tertiary/aromatic N) is 3. The lowest BCUT2D eigenvalue weighted by Crippen LogP contribution is -2.44. The van der Waals surface area contributed by atoms with Crippen LogP contribution in [-0.2, 0) is 4.79 Å². The number of carbonyl (C=O) groups is 1. The molecular weight excluding hydrogens is 396 g/mol. The molecule has 1 aliphatic heterocycles.